The third kappa shape index (κ3) is 1.12. The molecule has 5 heteroatoms. The summed E-state index contributed by atoms with van der Waals surface area (Å²) in [5.74, 6) is -1.20. The van der Waals surface area contributed by atoms with Crippen LogP contribution < -0.4 is 0 Å². The summed E-state index contributed by atoms with van der Waals surface area (Å²) in [6.45, 7) is 0. The van der Waals surface area contributed by atoms with E-state index in [0.29, 0.717) is 11.3 Å². The molecule has 0 amide bonds. The molecule has 0 saturated heterocycles. The highest BCUT2D eigenvalue weighted by Gasteiger charge is 2.14. The van der Waals surface area contributed by atoms with Crippen molar-refractivity contribution in [2.45, 2.75) is 0 Å². The van der Waals surface area contributed by atoms with E-state index < -0.39 is 11.1 Å². The molecule has 0 aliphatic carbocycles. The van der Waals surface area contributed by atoms with Crippen LogP contribution in [0, 0.1) is 5.13 Å². The predicted octanol–water partition coefficient (Wildman–Crippen LogP) is 2.24. The van der Waals surface area contributed by atoms with Gasteiger partial charge < -0.3 is 5.11 Å². The molecule has 1 aromatic rings. The molecule has 0 atom stereocenters. The molecular formula is C5H2ClFO2S. The first-order valence-electron chi connectivity index (χ1n) is 2.28. The average Bonchev–Trinajstić information content (AvgIpc) is 2.14. The summed E-state index contributed by atoms with van der Waals surface area (Å²) >= 11 is 5.94. The topological polar surface area (TPSA) is 37.3 Å². The normalized spacial score (nSPS) is 9.80. The van der Waals surface area contributed by atoms with Crippen LogP contribution in [0.4, 0.5) is 4.39 Å². The Hall–Kier alpha value is -0.610. The maximum Gasteiger partial charge on any atom is 0.338 e. The molecule has 1 aromatic heterocycles. The van der Waals surface area contributed by atoms with Crippen molar-refractivity contribution < 1.29 is 14.3 Å². The lowest BCUT2D eigenvalue weighted by molar-refractivity contribution is 0.0697. The van der Waals surface area contributed by atoms with Crippen molar-refractivity contribution in [2.24, 2.45) is 0 Å². The van der Waals surface area contributed by atoms with Crippen LogP contribution in [0.1, 0.15) is 10.4 Å². The Morgan fingerprint density at radius 2 is 2.40 bits per heavy atom. The van der Waals surface area contributed by atoms with Crippen molar-refractivity contribution in [1.29, 1.82) is 0 Å². The van der Waals surface area contributed by atoms with Crippen LogP contribution >= 0.6 is 22.9 Å². The van der Waals surface area contributed by atoms with E-state index in [0.717, 1.165) is 0 Å². The zero-order valence-electron chi connectivity index (χ0n) is 4.60. The van der Waals surface area contributed by atoms with Crippen molar-refractivity contribution in [2.75, 3.05) is 0 Å². The Bertz CT molecular complexity index is 271. The largest absolute Gasteiger partial charge is 0.478 e. The van der Waals surface area contributed by atoms with Crippen LogP contribution in [0.15, 0.2) is 5.38 Å². The number of carbonyl (C=O) groups is 1. The van der Waals surface area contributed by atoms with E-state index in [9.17, 15) is 9.18 Å². The molecule has 0 radical (unpaired) electrons. The van der Waals surface area contributed by atoms with Crippen LogP contribution in [0.5, 0.6) is 0 Å². The van der Waals surface area contributed by atoms with Gasteiger partial charge in [-0.1, -0.05) is 11.6 Å². The van der Waals surface area contributed by atoms with E-state index in [-0.39, 0.29) is 10.6 Å². The van der Waals surface area contributed by atoms with Crippen molar-refractivity contribution in [3.63, 3.8) is 0 Å². The van der Waals surface area contributed by atoms with Gasteiger partial charge in [0.15, 0.2) is 5.13 Å². The second-order valence-electron chi connectivity index (χ2n) is 1.54. The second kappa shape index (κ2) is 2.56. The van der Waals surface area contributed by atoms with Gasteiger partial charge in [-0.2, -0.15) is 4.39 Å². The van der Waals surface area contributed by atoms with Crippen LogP contribution in [0.2, 0.25) is 5.02 Å². The van der Waals surface area contributed by atoms with Crippen molar-refractivity contribution >= 4 is 28.9 Å². The summed E-state index contributed by atoms with van der Waals surface area (Å²) in [4.78, 5) is 10.2. The molecule has 0 aliphatic rings. The number of thiophene rings is 1. The molecule has 0 spiro atoms. The lowest BCUT2D eigenvalue weighted by Crippen LogP contribution is -1.93. The Labute approximate surface area is 64.9 Å². The summed E-state index contributed by atoms with van der Waals surface area (Å²) in [5, 5.41) is 8.54. The van der Waals surface area contributed by atoms with Gasteiger partial charge in [-0.05, 0) is 0 Å². The fourth-order valence-corrected chi connectivity index (χ4v) is 1.45. The molecule has 0 saturated carbocycles. The molecule has 1 rings (SSSR count). The number of rotatable bonds is 1. The first-order chi connectivity index (χ1) is 4.63. The molecule has 0 fully saturated rings. The molecular weight excluding hydrogens is 179 g/mol. The summed E-state index contributed by atoms with van der Waals surface area (Å²) in [6.07, 6.45) is 0. The van der Waals surface area contributed by atoms with Gasteiger partial charge in [0.25, 0.3) is 0 Å². The third-order valence-corrected chi connectivity index (χ3v) is 2.17. The summed E-state index contributed by atoms with van der Waals surface area (Å²) < 4.78 is 12.3. The highest BCUT2D eigenvalue weighted by atomic mass is 35.5. The molecule has 0 aromatic carbocycles. The molecule has 0 unspecified atom stereocenters. The number of hydrogen-bond acceptors (Lipinski definition) is 2. The quantitative estimate of drug-likeness (QED) is 0.720. The Balaban J connectivity index is 3.17. The number of hydrogen-bond donors (Lipinski definition) is 1. The monoisotopic (exact) mass is 180 g/mol. The van der Waals surface area contributed by atoms with E-state index in [2.05, 4.69) is 0 Å². The van der Waals surface area contributed by atoms with Crippen molar-refractivity contribution in [3.8, 4) is 0 Å². The summed E-state index contributed by atoms with van der Waals surface area (Å²) in [6, 6.07) is 0. The van der Waals surface area contributed by atoms with Gasteiger partial charge in [0.1, 0.15) is 5.02 Å². The minimum atomic E-state index is -1.20. The maximum atomic E-state index is 12.3. The Morgan fingerprint density at radius 1 is 1.80 bits per heavy atom. The van der Waals surface area contributed by atoms with E-state index in [4.69, 9.17) is 16.7 Å². The van der Waals surface area contributed by atoms with Gasteiger partial charge in [0, 0.05) is 5.38 Å². The van der Waals surface area contributed by atoms with E-state index >= 15 is 0 Å². The number of halogens is 2. The molecule has 1 N–H and O–H groups in total. The zero-order chi connectivity index (χ0) is 7.72. The van der Waals surface area contributed by atoms with Gasteiger partial charge in [0.2, 0.25) is 0 Å². The van der Waals surface area contributed by atoms with Gasteiger partial charge in [-0.3, -0.25) is 0 Å². The maximum absolute atomic E-state index is 12.3. The van der Waals surface area contributed by atoms with Crippen LogP contribution in [-0.4, -0.2) is 11.1 Å². The second-order valence-corrected chi connectivity index (χ2v) is 2.75. The van der Waals surface area contributed by atoms with Crippen LogP contribution in [0.25, 0.3) is 0 Å². The standard InChI is InChI=1S/C5H2ClFO2S/c6-3-2(5(8)9)1-10-4(3)7/h1H,(H,8,9). The molecule has 2 nitrogen and oxygen atoms in total. The summed E-state index contributed by atoms with van der Waals surface area (Å²) in [7, 11) is 0. The van der Waals surface area contributed by atoms with Gasteiger partial charge in [-0.25, -0.2) is 4.79 Å². The molecule has 54 valence electrons. The minimum Gasteiger partial charge on any atom is -0.478 e. The fourth-order valence-electron chi connectivity index (χ4n) is 0.464. The van der Waals surface area contributed by atoms with E-state index in [1.54, 1.807) is 0 Å². The highest BCUT2D eigenvalue weighted by Crippen LogP contribution is 2.25. The van der Waals surface area contributed by atoms with E-state index in [1.165, 1.54) is 5.38 Å². The van der Waals surface area contributed by atoms with Crippen molar-refractivity contribution in [1.82, 2.24) is 0 Å². The molecule has 1 heterocycles. The molecule has 0 aliphatic heterocycles. The highest BCUT2D eigenvalue weighted by molar-refractivity contribution is 7.09. The number of carboxylic acids is 1. The minimum absolute atomic E-state index is 0.177. The smallest absolute Gasteiger partial charge is 0.338 e. The van der Waals surface area contributed by atoms with E-state index in [1.807, 2.05) is 0 Å². The lowest BCUT2D eigenvalue weighted by atomic mass is 10.3. The fraction of sp³-hybridized carbons (Fsp3) is 0. The Kier molecular flexibility index (Phi) is 1.92. The van der Waals surface area contributed by atoms with Crippen molar-refractivity contribution in [3.05, 3.63) is 21.1 Å². The van der Waals surface area contributed by atoms with Gasteiger partial charge in [-0.15, -0.1) is 11.3 Å². The molecule has 10 heavy (non-hydrogen) atoms. The third-order valence-electron chi connectivity index (χ3n) is 0.920. The van der Waals surface area contributed by atoms with Crippen LogP contribution in [-0.2, 0) is 0 Å². The SMILES string of the molecule is O=C(O)c1csc(F)c1Cl. The predicted molar refractivity (Wildman–Crippen MR) is 36.2 cm³/mol. The van der Waals surface area contributed by atoms with Crippen LogP contribution in [0.3, 0.4) is 0 Å². The molecule has 0 bridgehead atoms. The zero-order valence-corrected chi connectivity index (χ0v) is 6.17. The lowest BCUT2D eigenvalue weighted by Gasteiger charge is -1.85. The van der Waals surface area contributed by atoms with Gasteiger partial charge >= 0.3 is 5.97 Å². The number of carboxylic acid groups (broad SMARTS) is 1. The van der Waals surface area contributed by atoms with Gasteiger partial charge in [0.05, 0.1) is 5.56 Å². The summed E-state index contributed by atoms with van der Waals surface area (Å²) in [5.41, 5.74) is -0.177. The first kappa shape index (κ1) is 7.50. The average molecular weight is 181 g/mol. The Morgan fingerprint density at radius 3 is 2.60 bits per heavy atom. The first-order valence-corrected chi connectivity index (χ1v) is 3.54. The number of aromatic carboxylic acids is 1.